The van der Waals surface area contributed by atoms with Gasteiger partial charge in [-0.15, -0.1) is 0 Å². The first-order chi connectivity index (χ1) is 14.8. The molecule has 1 aliphatic rings. The molecule has 0 bridgehead atoms. The van der Waals surface area contributed by atoms with Crippen LogP contribution < -0.4 is 16.0 Å². The summed E-state index contributed by atoms with van der Waals surface area (Å²) >= 11 is 0. The summed E-state index contributed by atoms with van der Waals surface area (Å²) in [6.07, 6.45) is 1.77. The van der Waals surface area contributed by atoms with Crippen LogP contribution in [0, 0.1) is 0 Å². The molecule has 31 heavy (non-hydrogen) atoms. The summed E-state index contributed by atoms with van der Waals surface area (Å²) in [4.78, 5) is 40.0. The Hall–Kier alpha value is -3.74. The third kappa shape index (κ3) is 4.40. The van der Waals surface area contributed by atoms with Gasteiger partial charge in [0.15, 0.2) is 0 Å². The van der Waals surface area contributed by atoms with Crippen molar-refractivity contribution in [3.63, 3.8) is 0 Å². The van der Waals surface area contributed by atoms with Gasteiger partial charge in [0.2, 0.25) is 5.91 Å². The molecular formula is C24H24N4O3. The van der Waals surface area contributed by atoms with Crippen LogP contribution in [0.15, 0.2) is 60.8 Å². The number of aromatic nitrogens is 1. The number of amides is 4. The van der Waals surface area contributed by atoms with Crippen molar-refractivity contribution in [3.8, 4) is 11.1 Å². The summed E-state index contributed by atoms with van der Waals surface area (Å²) in [5.74, 6) is -0.683. The zero-order valence-corrected chi connectivity index (χ0v) is 17.4. The number of rotatable bonds is 6. The molecular weight excluding hydrogens is 392 g/mol. The lowest BCUT2D eigenvalue weighted by Gasteiger charge is -2.20. The molecule has 3 N–H and O–H groups in total. The van der Waals surface area contributed by atoms with Gasteiger partial charge in [-0.1, -0.05) is 49.4 Å². The maximum Gasteiger partial charge on any atom is 0.322 e. The number of nitrogens with one attached hydrogen (secondary N) is 3. The molecule has 3 aromatic rings. The van der Waals surface area contributed by atoms with Crippen molar-refractivity contribution in [1.82, 2.24) is 20.9 Å². The van der Waals surface area contributed by atoms with Crippen LogP contribution in [0.3, 0.4) is 0 Å². The van der Waals surface area contributed by atoms with Crippen molar-refractivity contribution < 1.29 is 14.4 Å². The van der Waals surface area contributed by atoms with Gasteiger partial charge in [-0.05, 0) is 36.1 Å². The lowest BCUT2D eigenvalue weighted by molar-refractivity contribution is -0.129. The Labute approximate surface area is 180 Å². The summed E-state index contributed by atoms with van der Waals surface area (Å²) in [6, 6.07) is 17.8. The highest BCUT2D eigenvalue weighted by molar-refractivity contribution is 6.08. The van der Waals surface area contributed by atoms with E-state index in [-0.39, 0.29) is 18.2 Å². The largest absolute Gasteiger partial charge is 0.355 e. The van der Waals surface area contributed by atoms with E-state index in [0.717, 1.165) is 27.6 Å². The quantitative estimate of drug-likeness (QED) is 0.538. The van der Waals surface area contributed by atoms with Gasteiger partial charge in [0.25, 0.3) is 5.91 Å². The molecule has 1 fully saturated rings. The second-order valence-electron chi connectivity index (χ2n) is 8.16. The summed E-state index contributed by atoms with van der Waals surface area (Å²) in [5.41, 5.74) is 2.98. The number of para-hydroxylation sites is 1. The highest BCUT2D eigenvalue weighted by Gasteiger charge is 2.43. The predicted octanol–water partition coefficient (Wildman–Crippen LogP) is 3.11. The third-order valence-electron chi connectivity index (χ3n) is 5.64. The molecule has 0 saturated carbocycles. The molecule has 7 nitrogen and oxygen atoms in total. The van der Waals surface area contributed by atoms with Gasteiger partial charge in [0.05, 0.1) is 11.9 Å². The molecule has 2 atom stereocenters. The fraction of sp³-hybridized carbons (Fsp3) is 0.250. The fourth-order valence-electron chi connectivity index (χ4n) is 3.71. The summed E-state index contributed by atoms with van der Waals surface area (Å²) < 4.78 is 0. The average Bonchev–Trinajstić information content (AvgIpc) is 3.02. The number of carbonyl (C=O) groups is 3. The van der Waals surface area contributed by atoms with E-state index in [2.05, 4.69) is 39.1 Å². The van der Waals surface area contributed by atoms with Crippen LogP contribution in [0.2, 0.25) is 0 Å². The van der Waals surface area contributed by atoms with E-state index >= 15 is 0 Å². The first kappa shape index (κ1) is 20.5. The molecule has 2 unspecified atom stereocenters. The number of pyridine rings is 1. The maximum atomic E-state index is 12.3. The smallest absolute Gasteiger partial charge is 0.322 e. The highest BCUT2D eigenvalue weighted by atomic mass is 16.2. The third-order valence-corrected chi connectivity index (χ3v) is 5.64. The Morgan fingerprint density at radius 3 is 2.55 bits per heavy atom. The topological polar surface area (TPSA) is 100 Å². The van der Waals surface area contributed by atoms with E-state index in [4.69, 9.17) is 0 Å². The van der Waals surface area contributed by atoms with Crippen LogP contribution in [0.1, 0.15) is 31.7 Å². The molecule has 1 aromatic heterocycles. The molecule has 4 amide bonds. The minimum atomic E-state index is -1.21. The van der Waals surface area contributed by atoms with Gasteiger partial charge in [-0.2, -0.15) is 0 Å². The molecule has 158 valence electrons. The molecule has 1 aliphatic heterocycles. The van der Waals surface area contributed by atoms with Gasteiger partial charge in [-0.3, -0.25) is 19.9 Å². The Kier molecular flexibility index (Phi) is 5.42. The van der Waals surface area contributed by atoms with Gasteiger partial charge in [-0.25, -0.2) is 4.79 Å². The first-order valence-electron chi connectivity index (χ1n) is 10.2. The highest BCUT2D eigenvalue weighted by Crippen LogP contribution is 2.25. The number of imide groups is 1. The molecule has 7 heteroatoms. The lowest BCUT2D eigenvalue weighted by Crippen LogP contribution is -2.47. The zero-order chi connectivity index (χ0) is 22.0. The molecule has 2 heterocycles. The normalized spacial score (nSPS) is 19.0. The fourth-order valence-corrected chi connectivity index (χ4v) is 3.71. The Morgan fingerprint density at radius 2 is 1.84 bits per heavy atom. The van der Waals surface area contributed by atoms with Crippen molar-refractivity contribution in [1.29, 1.82) is 0 Å². The summed E-state index contributed by atoms with van der Waals surface area (Å²) in [7, 11) is 0. The average molecular weight is 416 g/mol. The number of nitrogens with zero attached hydrogens (tertiary/aromatic N) is 1. The zero-order valence-electron chi connectivity index (χ0n) is 17.4. The van der Waals surface area contributed by atoms with E-state index in [1.807, 2.05) is 49.5 Å². The molecule has 0 spiro atoms. The van der Waals surface area contributed by atoms with Crippen LogP contribution in [0.4, 0.5) is 4.79 Å². The van der Waals surface area contributed by atoms with Crippen LogP contribution in [0.25, 0.3) is 22.0 Å². The number of fused-ring (bicyclic) bond motifs is 1. The van der Waals surface area contributed by atoms with Gasteiger partial charge in [0.1, 0.15) is 5.54 Å². The molecule has 0 radical (unpaired) electrons. The molecule has 4 rings (SSSR count). The Morgan fingerprint density at radius 1 is 1.10 bits per heavy atom. The van der Waals surface area contributed by atoms with Gasteiger partial charge < -0.3 is 10.6 Å². The maximum absolute atomic E-state index is 12.3. The van der Waals surface area contributed by atoms with Crippen LogP contribution in [-0.4, -0.2) is 34.9 Å². The minimum absolute atomic E-state index is 0.0903. The second-order valence-corrected chi connectivity index (χ2v) is 8.16. The van der Waals surface area contributed by atoms with E-state index < -0.39 is 17.5 Å². The molecule has 1 saturated heterocycles. The van der Waals surface area contributed by atoms with Crippen molar-refractivity contribution in [2.24, 2.45) is 0 Å². The summed E-state index contributed by atoms with van der Waals surface area (Å²) in [6.45, 7) is 4.00. The Bertz CT molecular complexity index is 1160. The number of hydrogen-bond acceptors (Lipinski definition) is 4. The van der Waals surface area contributed by atoms with Crippen LogP contribution >= 0.6 is 0 Å². The van der Waals surface area contributed by atoms with Crippen molar-refractivity contribution in [2.75, 3.05) is 6.54 Å². The van der Waals surface area contributed by atoms with E-state index in [1.54, 1.807) is 0 Å². The van der Waals surface area contributed by atoms with Crippen molar-refractivity contribution in [3.05, 3.63) is 66.4 Å². The number of benzene rings is 2. The molecule has 2 aromatic carbocycles. The second kappa shape index (κ2) is 8.18. The predicted molar refractivity (Wildman–Crippen MR) is 118 cm³/mol. The van der Waals surface area contributed by atoms with Crippen molar-refractivity contribution >= 4 is 28.7 Å². The monoisotopic (exact) mass is 416 g/mol. The van der Waals surface area contributed by atoms with Crippen molar-refractivity contribution in [2.45, 2.75) is 31.7 Å². The van der Waals surface area contributed by atoms with E-state index in [0.29, 0.717) is 6.54 Å². The number of hydrogen-bond donors (Lipinski definition) is 3. The lowest BCUT2D eigenvalue weighted by atomic mass is 9.96. The van der Waals surface area contributed by atoms with Crippen LogP contribution in [0.5, 0.6) is 0 Å². The van der Waals surface area contributed by atoms with Gasteiger partial charge in [0, 0.05) is 23.7 Å². The summed E-state index contributed by atoms with van der Waals surface area (Å²) in [5, 5.41) is 8.61. The minimum Gasteiger partial charge on any atom is -0.355 e. The number of urea groups is 1. The number of carbonyl (C=O) groups excluding carboxylic acids is 3. The molecule has 0 aliphatic carbocycles. The first-order valence-corrected chi connectivity index (χ1v) is 10.2. The van der Waals surface area contributed by atoms with E-state index in [1.165, 1.54) is 6.92 Å². The Balaban J connectivity index is 1.37. The van der Waals surface area contributed by atoms with E-state index in [9.17, 15) is 14.4 Å². The van der Waals surface area contributed by atoms with Crippen LogP contribution in [-0.2, 0) is 9.59 Å². The standard InChI is InChI=1S/C24H24N4O3/c1-15(13-26-21(29)12-24(2)22(30)27-23(31)28-24)16-7-9-17(10-8-16)19-11-18-5-3-4-6-20(18)25-14-19/h3-11,14-15H,12-13H2,1-2H3,(H,26,29)(H2,27,28,30,31). The van der Waals surface area contributed by atoms with Gasteiger partial charge >= 0.3 is 6.03 Å². The SMILES string of the molecule is CC(CNC(=O)CC1(C)NC(=O)NC1=O)c1ccc(-c2cnc3ccccc3c2)cc1.